The van der Waals surface area contributed by atoms with Gasteiger partial charge in [-0.1, -0.05) is 65.1 Å². The molecule has 0 aliphatic carbocycles. The monoisotopic (exact) mass is 487 g/mol. The van der Waals surface area contributed by atoms with E-state index in [2.05, 4.69) is 15.5 Å². The van der Waals surface area contributed by atoms with Crippen LogP contribution in [-0.4, -0.2) is 11.2 Å². The fourth-order valence-corrected chi connectivity index (χ4v) is 3.84. The predicted molar refractivity (Wildman–Crippen MR) is 131 cm³/mol. The zero-order valence-electron chi connectivity index (χ0n) is 16.1. The lowest BCUT2D eigenvalue weighted by Gasteiger charge is -2.07. The molecule has 0 aliphatic heterocycles. The normalized spacial score (nSPS) is 11.1. The minimum absolute atomic E-state index is 0.391. The van der Waals surface area contributed by atoms with Gasteiger partial charge in [-0.2, -0.15) is 5.10 Å². The third kappa shape index (κ3) is 5.99. The van der Waals surface area contributed by atoms with Crippen LogP contribution in [-0.2, 0) is 6.61 Å². The van der Waals surface area contributed by atoms with Crippen LogP contribution in [0.2, 0.25) is 15.1 Å². The van der Waals surface area contributed by atoms with Gasteiger partial charge in [-0.05, 0) is 47.5 Å². The number of nitrogens with zero attached hydrogens (tertiary/aromatic N) is 2. The smallest absolute Gasteiger partial charge is 0.203 e. The average molecular weight is 489 g/mol. The van der Waals surface area contributed by atoms with Crippen LogP contribution >= 0.6 is 46.1 Å². The molecule has 1 N–H and O–H groups in total. The van der Waals surface area contributed by atoms with Gasteiger partial charge in [-0.25, -0.2) is 4.98 Å². The highest BCUT2D eigenvalue weighted by molar-refractivity contribution is 7.14. The molecule has 0 spiro atoms. The molecule has 31 heavy (non-hydrogen) atoms. The third-order valence-corrected chi connectivity index (χ3v) is 6.00. The maximum Gasteiger partial charge on any atom is 0.203 e. The van der Waals surface area contributed by atoms with Gasteiger partial charge in [0.1, 0.15) is 12.4 Å². The van der Waals surface area contributed by atoms with E-state index < -0.39 is 0 Å². The minimum atomic E-state index is 0.391. The molecule has 0 saturated heterocycles. The Kier molecular flexibility index (Phi) is 7.10. The van der Waals surface area contributed by atoms with Gasteiger partial charge in [-0.15, -0.1) is 11.3 Å². The Morgan fingerprint density at radius 3 is 2.61 bits per heavy atom. The van der Waals surface area contributed by atoms with E-state index in [1.54, 1.807) is 18.3 Å². The summed E-state index contributed by atoms with van der Waals surface area (Å²) in [4.78, 5) is 4.54. The second-order valence-corrected chi connectivity index (χ2v) is 8.63. The number of hydrazone groups is 1. The number of thiazole rings is 1. The molecule has 4 nitrogen and oxygen atoms in total. The Hall–Kier alpha value is -2.57. The second kappa shape index (κ2) is 10.2. The molecule has 0 unspecified atom stereocenters. The zero-order valence-corrected chi connectivity index (χ0v) is 19.1. The number of aromatic nitrogens is 1. The third-order valence-electron chi connectivity index (χ3n) is 4.27. The van der Waals surface area contributed by atoms with Crippen molar-refractivity contribution in [1.29, 1.82) is 0 Å². The fourth-order valence-electron chi connectivity index (χ4n) is 2.72. The molecule has 4 aromatic rings. The van der Waals surface area contributed by atoms with Gasteiger partial charge in [0.25, 0.3) is 0 Å². The predicted octanol–water partition coefficient (Wildman–Crippen LogP) is 7.80. The molecule has 0 atom stereocenters. The lowest BCUT2D eigenvalue weighted by atomic mass is 10.2. The van der Waals surface area contributed by atoms with Crippen LogP contribution in [0.15, 0.2) is 77.2 Å². The zero-order chi connectivity index (χ0) is 21.6. The molecule has 1 aromatic heterocycles. The maximum atomic E-state index is 6.05. The van der Waals surface area contributed by atoms with E-state index in [4.69, 9.17) is 39.5 Å². The average Bonchev–Trinajstić information content (AvgIpc) is 3.24. The molecular formula is C23H16Cl3N3OS. The van der Waals surface area contributed by atoms with E-state index in [1.165, 1.54) is 11.3 Å². The van der Waals surface area contributed by atoms with Crippen molar-refractivity contribution in [2.24, 2.45) is 5.10 Å². The summed E-state index contributed by atoms with van der Waals surface area (Å²) >= 11 is 19.4. The number of nitrogens with one attached hydrogen (secondary N) is 1. The summed E-state index contributed by atoms with van der Waals surface area (Å²) in [7, 11) is 0. The quantitative estimate of drug-likeness (QED) is 0.213. The molecule has 0 amide bonds. The second-order valence-electron chi connectivity index (χ2n) is 6.52. The first-order valence-corrected chi connectivity index (χ1v) is 11.3. The molecular weight excluding hydrogens is 473 g/mol. The van der Waals surface area contributed by atoms with Crippen LogP contribution in [0.5, 0.6) is 5.75 Å². The molecule has 0 saturated carbocycles. The van der Waals surface area contributed by atoms with Gasteiger partial charge in [0.2, 0.25) is 5.13 Å². The first kappa shape index (κ1) is 21.7. The van der Waals surface area contributed by atoms with E-state index >= 15 is 0 Å². The van der Waals surface area contributed by atoms with E-state index in [1.807, 2.05) is 60.0 Å². The standard InChI is InChI=1S/C23H16Cl3N3OS/c24-18-7-5-17(6-8-18)22-14-31-23(28-22)29-27-12-15-2-1-3-19(10-15)30-13-16-4-9-20(25)21(26)11-16/h1-12,14H,13H2,(H,28,29)/b27-12-. The fraction of sp³-hybridized carbons (Fsp3) is 0.0435. The minimum Gasteiger partial charge on any atom is -0.489 e. The molecule has 3 aromatic carbocycles. The number of halogens is 3. The highest BCUT2D eigenvalue weighted by atomic mass is 35.5. The Balaban J connectivity index is 1.35. The first-order valence-electron chi connectivity index (χ1n) is 9.24. The van der Waals surface area contributed by atoms with Crippen molar-refractivity contribution < 1.29 is 4.74 Å². The van der Waals surface area contributed by atoms with E-state index in [-0.39, 0.29) is 0 Å². The van der Waals surface area contributed by atoms with E-state index in [0.29, 0.717) is 26.8 Å². The number of anilines is 1. The van der Waals surface area contributed by atoms with Crippen molar-refractivity contribution >= 4 is 57.5 Å². The molecule has 1 heterocycles. The van der Waals surface area contributed by atoms with Crippen LogP contribution < -0.4 is 10.2 Å². The Morgan fingerprint density at radius 2 is 1.81 bits per heavy atom. The maximum absolute atomic E-state index is 6.05. The van der Waals surface area contributed by atoms with E-state index in [0.717, 1.165) is 28.1 Å². The Labute approximate surface area is 199 Å². The molecule has 0 aliphatic rings. The summed E-state index contributed by atoms with van der Waals surface area (Å²) in [6.07, 6.45) is 1.72. The lowest BCUT2D eigenvalue weighted by molar-refractivity contribution is 0.306. The van der Waals surface area contributed by atoms with Crippen LogP contribution in [0.25, 0.3) is 11.3 Å². The number of hydrogen-bond donors (Lipinski definition) is 1. The SMILES string of the molecule is Clc1ccc(-c2csc(N/N=C\c3cccc(OCc4ccc(Cl)c(Cl)c4)c3)n2)cc1. The van der Waals surface area contributed by atoms with Gasteiger partial charge in [-0.3, -0.25) is 5.43 Å². The van der Waals surface area contributed by atoms with Crippen molar-refractivity contribution in [1.82, 2.24) is 4.98 Å². The lowest BCUT2D eigenvalue weighted by Crippen LogP contribution is -1.96. The van der Waals surface area contributed by atoms with Crippen LogP contribution in [0.1, 0.15) is 11.1 Å². The highest BCUT2D eigenvalue weighted by Crippen LogP contribution is 2.26. The van der Waals surface area contributed by atoms with Gasteiger partial charge < -0.3 is 4.74 Å². The van der Waals surface area contributed by atoms with Gasteiger partial charge in [0.15, 0.2) is 0 Å². The van der Waals surface area contributed by atoms with Gasteiger partial charge >= 0.3 is 0 Å². The first-order chi connectivity index (χ1) is 15.1. The summed E-state index contributed by atoms with van der Waals surface area (Å²) in [5.74, 6) is 0.731. The van der Waals surface area contributed by atoms with Crippen LogP contribution in [0.3, 0.4) is 0 Å². The summed E-state index contributed by atoms with van der Waals surface area (Å²) in [5.41, 5.74) is 6.68. The number of ether oxygens (including phenoxy) is 1. The molecule has 0 radical (unpaired) electrons. The van der Waals surface area contributed by atoms with Crippen molar-refractivity contribution in [2.75, 3.05) is 5.43 Å². The van der Waals surface area contributed by atoms with Crippen molar-refractivity contribution in [3.05, 3.63) is 98.3 Å². The van der Waals surface area contributed by atoms with Gasteiger partial charge in [0, 0.05) is 16.0 Å². The van der Waals surface area contributed by atoms with Crippen LogP contribution in [0, 0.1) is 0 Å². The molecule has 156 valence electrons. The van der Waals surface area contributed by atoms with Crippen molar-refractivity contribution in [2.45, 2.75) is 6.61 Å². The highest BCUT2D eigenvalue weighted by Gasteiger charge is 2.04. The Morgan fingerprint density at radius 1 is 0.968 bits per heavy atom. The summed E-state index contributed by atoms with van der Waals surface area (Å²) < 4.78 is 5.85. The number of hydrogen-bond acceptors (Lipinski definition) is 5. The molecule has 0 fully saturated rings. The van der Waals surface area contributed by atoms with Crippen molar-refractivity contribution in [3.8, 4) is 17.0 Å². The molecule has 0 bridgehead atoms. The van der Waals surface area contributed by atoms with E-state index in [9.17, 15) is 0 Å². The summed E-state index contributed by atoms with van der Waals surface area (Å²) in [6, 6.07) is 20.7. The largest absolute Gasteiger partial charge is 0.489 e. The number of rotatable bonds is 7. The van der Waals surface area contributed by atoms with Crippen LogP contribution in [0.4, 0.5) is 5.13 Å². The molecule has 8 heteroatoms. The summed E-state index contributed by atoms with van der Waals surface area (Å²) in [6.45, 7) is 0.391. The summed E-state index contributed by atoms with van der Waals surface area (Å²) in [5, 5.41) is 8.68. The topological polar surface area (TPSA) is 46.5 Å². The van der Waals surface area contributed by atoms with Gasteiger partial charge in [0.05, 0.1) is 22.0 Å². The molecule has 4 rings (SSSR count). The number of benzene rings is 3. The van der Waals surface area contributed by atoms with Crippen molar-refractivity contribution in [3.63, 3.8) is 0 Å². The Bertz CT molecular complexity index is 1210.